The van der Waals surface area contributed by atoms with Crippen molar-refractivity contribution in [3.05, 3.63) is 12.2 Å². The van der Waals surface area contributed by atoms with Crippen LogP contribution in [0.15, 0.2) is 12.2 Å². The number of aliphatic hydroxyl groups is 1. The predicted molar refractivity (Wildman–Crippen MR) is 43.6 cm³/mol. The third-order valence-electron chi connectivity index (χ3n) is 2.33. The van der Waals surface area contributed by atoms with Crippen LogP contribution in [0.25, 0.3) is 0 Å². The fraction of sp³-hybridized carbons (Fsp3) is 0.778. The van der Waals surface area contributed by atoms with Gasteiger partial charge in [0.1, 0.15) is 17.8 Å². The molecule has 0 amide bonds. The van der Waals surface area contributed by atoms with Gasteiger partial charge < -0.3 is 14.6 Å². The molecule has 0 radical (unpaired) electrons. The predicted octanol–water partition coefficient (Wildman–Crippen LogP) is 0.827. The first-order valence-electron chi connectivity index (χ1n) is 4.18. The Morgan fingerprint density at radius 2 is 1.92 bits per heavy atom. The van der Waals surface area contributed by atoms with Gasteiger partial charge >= 0.3 is 0 Å². The summed E-state index contributed by atoms with van der Waals surface area (Å²) in [6.07, 6.45) is 3.26. The number of hydrogen-bond acceptors (Lipinski definition) is 3. The molecule has 3 unspecified atom stereocenters. The Hall–Kier alpha value is -0.380. The van der Waals surface area contributed by atoms with Gasteiger partial charge in [0, 0.05) is 0 Å². The number of hydrogen-bond donors (Lipinski definition) is 1. The second-order valence-electron chi connectivity index (χ2n) is 4.11. The Bertz CT molecular complexity index is 230. The Morgan fingerprint density at radius 1 is 1.25 bits per heavy atom. The van der Waals surface area contributed by atoms with Crippen molar-refractivity contribution in [2.45, 2.75) is 44.4 Å². The zero-order valence-corrected chi connectivity index (χ0v) is 7.57. The van der Waals surface area contributed by atoms with E-state index >= 15 is 0 Å². The molecule has 2 aliphatic rings. The van der Waals surface area contributed by atoms with Gasteiger partial charge in [-0.2, -0.15) is 0 Å². The van der Waals surface area contributed by atoms with Crippen molar-refractivity contribution in [2.24, 2.45) is 0 Å². The van der Waals surface area contributed by atoms with Crippen LogP contribution in [0.2, 0.25) is 0 Å². The maximum absolute atomic E-state index is 9.81. The first kappa shape index (κ1) is 8.23. The number of ether oxygens (including phenoxy) is 2. The largest absolute Gasteiger partial charge is 0.383 e. The average molecular weight is 170 g/mol. The molecular weight excluding hydrogens is 156 g/mol. The lowest BCUT2D eigenvalue weighted by Crippen LogP contribution is -2.39. The smallest absolute Gasteiger partial charge is 0.164 e. The van der Waals surface area contributed by atoms with Crippen molar-refractivity contribution in [3.8, 4) is 0 Å². The van der Waals surface area contributed by atoms with Gasteiger partial charge in [-0.05, 0) is 20.8 Å². The van der Waals surface area contributed by atoms with Crippen LogP contribution in [0.3, 0.4) is 0 Å². The molecule has 0 saturated carbocycles. The molecule has 3 atom stereocenters. The van der Waals surface area contributed by atoms with Crippen molar-refractivity contribution in [3.63, 3.8) is 0 Å². The number of rotatable bonds is 0. The maximum atomic E-state index is 9.81. The van der Waals surface area contributed by atoms with Gasteiger partial charge in [0.25, 0.3) is 0 Å². The molecule has 0 spiro atoms. The van der Waals surface area contributed by atoms with Crippen LogP contribution in [0.4, 0.5) is 0 Å². The molecule has 1 heterocycles. The Labute approximate surface area is 72.0 Å². The van der Waals surface area contributed by atoms with Crippen molar-refractivity contribution in [1.82, 2.24) is 0 Å². The standard InChI is InChI=1S/C9H14O3/c1-8(2)11-6-4-5-9(3,10)7(6)12-8/h4-7,10H,1-3H3. The van der Waals surface area contributed by atoms with E-state index in [1.807, 2.05) is 19.9 Å². The molecule has 0 aromatic heterocycles. The topological polar surface area (TPSA) is 38.7 Å². The lowest BCUT2D eigenvalue weighted by Gasteiger charge is -2.24. The molecule has 1 aliphatic heterocycles. The van der Waals surface area contributed by atoms with Crippen molar-refractivity contribution in [2.75, 3.05) is 0 Å². The molecule has 1 saturated heterocycles. The molecule has 1 aliphatic carbocycles. The fourth-order valence-corrected chi connectivity index (χ4v) is 1.77. The second-order valence-corrected chi connectivity index (χ2v) is 4.11. The SMILES string of the molecule is CC1(C)OC2C=CC(C)(O)C2O1. The van der Waals surface area contributed by atoms with E-state index in [1.54, 1.807) is 13.0 Å². The maximum Gasteiger partial charge on any atom is 0.164 e. The highest BCUT2D eigenvalue weighted by atomic mass is 16.8. The molecule has 0 aromatic rings. The van der Waals surface area contributed by atoms with Gasteiger partial charge in [-0.25, -0.2) is 0 Å². The molecular formula is C9H14O3. The van der Waals surface area contributed by atoms with Gasteiger partial charge in [-0.3, -0.25) is 0 Å². The van der Waals surface area contributed by atoms with Crippen molar-refractivity contribution in [1.29, 1.82) is 0 Å². The van der Waals surface area contributed by atoms with E-state index in [0.717, 1.165) is 0 Å². The van der Waals surface area contributed by atoms with E-state index in [9.17, 15) is 5.11 Å². The van der Waals surface area contributed by atoms with E-state index < -0.39 is 11.4 Å². The van der Waals surface area contributed by atoms with Crippen molar-refractivity contribution < 1.29 is 14.6 Å². The molecule has 3 nitrogen and oxygen atoms in total. The monoisotopic (exact) mass is 170 g/mol. The van der Waals surface area contributed by atoms with E-state index in [-0.39, 0.29) is 12.2 Å². The van der Waals surface area contributed by atoms with Crippen molar-refractivity contribution >= 4 is 0 Å². The van der Waals surface area contributed by atoms with E-state index in [4.69, 9.17) is 9.47 Å². The molecule has 12 heavy (non-hydrogen) atoms. The summed E-state index contributed by atoms with van der Waals surface area (Å²) < 4.78 is 11.1. The summed E-state index contributed by atoms with van der Waals surface area (Å²) in [6.45, 7) is 5.45. The van der Waals surface area contributed by atoms with Gasteiger partial charge in [-0.1, -0.05) is 12.2 Å². The Kier molecular flexibility index (Phi) is 1.44. The van der Waals surface area contributed by atoms with Gasteiger partial charge in [0.2, 0.25) is 0 Å². The molecule has 68 valence electrons. The minimum absolute atomic E-state index is 0.0880. The second kappa shape index (κ2) is 2.10. The minimum atomic E-state index is -0.877. The number of fused-ring (bicyclic) bond motifs is 1. The molecule has 2 rings (SSSR count). The Morgan fingerprint density at radius 3 is 2.50 bits per heavy atom. The van der Waals surface area contributed by atoms with E-state index in [0.29, 0.717) is 0 Å². The summed E-state index contributed by atoms with van der Waals surface area (Å²) >= 11 is 0. The van der Waals surface area contributed by atoms with E-state index in [1.165, 1.54) is 0 Å². The third kappa shape index (κ3) is 1.09. The highest BCUT2D eigenvalue weighted by Gasteiger charge is 2.51. The summed E-state index contributed by atoms with van der Waals surface area (Å²) in [5.41, 5.74) is -0.877. The highest BCUT2D eigenvalue weighted by molar-refractivity contribution is 5.19. The fourth-order valence-electron chi connectivity index (χ4n) is 1.77. The lowest BCUT2D eigenvalue weighted by atomic mass is 10.0. The quantitative estimate of drug-likeness (QED) is 0.547. The van der Waals surface area contributed by atoms with Crippen LogP contribution in [0.5, 0.6) is 0 Å². The highest BCUT2D eigenvalue weighted by Crippen LogP contribution is 2.39. The molecule has 1 fully saturated rings. The molecule has 0 aromatic carbocycles. The summed E-state index contributed by atoms with van der Waals surface area (Å²) in [5, 5.41) is 9.81. The van der Waals surface area contributed by atoms with Crippen LogP contribution >= 0.6 is 0 Å². The lowest BCUT2D eigenvalue weighted by molar-refractivity contribution is -0.162. The van der Waals surface area contributed by atoms with Gasteiger partial charge in [0.05, 0.1) is 0 Å². The first-order valence-corrected chi connectivity index (χ1v) is 4.18. The third-order valence-corrected chi connectivity index (χ3v) is 2.33. The van der Waals surface area contributed by atoms with Gasteiger partial charge in [-0.15, -0.1) is 0 Å². The summed E-state index contributed by atoms with van der Waals surface area (Å²) in [5.74, 6) is -0.565. The van der Waals surface area contributed by atoms with Crippen LogP contribution in [-0.4, -0.2) is 28.7 Å². The molecule has 3 heteroatoms. The first-order chi connectivity index (χ1) is 5.41. The average Bonchev–Trinajstić information content (AvgIpc) is 2.31. The van der Waals surface area contributed by atoms with Crippen LogP contribution in [0.1, 0.15) is 20.8 Å². The Balaban J connectivity index is 2.23. The summed E-state index contributed by atoms with van der Waals surface area (Å²) in [7, 11) is 0. The molecule has 0 bridgehead atoms. The van der Waals surface area contributed by atoms with Crippen LogP contribution in [-0.2, 0) is 9.47 Å². The minimum Gasteiger partial charge on any atom is -0.383 e. The molecule has 1 N–H and O–H groups in total. The van der Waals surface area contributed by atoms with Crippen LogP contribution in [0, 0.1) is 0 Å². The zero-order valence-electron chi connectivity index (χ0n) is 7.57. The van der Waals surface area contributed by atoms with Crippen LogP contribution < -0.4 is 0 Å². The van der Waals surface area contributed by atoms with E-state index in [2.05, 4.69) is 0 Å². The summed E-state index contributed by atoms with van der Waals surface area (Å²) in [4.78, 5) is 0. The zero-order chi connectivity index (χ0) is 8.98. The van der Waals surface area contributed by atoms with Gasteiger partial charge in [0.15, 0.2) is 5.79 Å². The normalized spacial score (nSPS) is 49.7. The summed E-state index contributed by atoms with van der Waals surface area (Å²) in [6, 6.07) is 0.